The lowest BCUT2D eigenvalue weighted by Gasteiger charge is -2.16. The summed E-state index contributed by atoms with van der Waals surface area (Å²) in [6.07, 6.45) is 0. The van der Waals surface area contributed by atoms with Crippen LogP contribution < -0.4 is 15.8 Å². The second-order valence-electron chi connectivity index (χ2n) is 3.79. The molecule has 0 aliphatic rings. The molecule has 0 unspecified atom stereocenters. The molecule has 0 heterocycles. The summed E-state index contributed by atoms with van der Waals surface area (Å²) in [4.78, 5) is 11.4. The second-order valence-corrected chi connectivity index (χ2v) is 3.79. The fraction of sp³-hybridized carbons (Fsp3) is 0.417. The van der Waals surface area contributed by atoms with Crippen molar-refractivity contribution < 1.29 is 9.53 Å². The average Bonchev–Trinajstić information content (AvgIpc) is 2.28. The van der Waals surface area contributed by atoms with Gasteiger partial charge in [-0.05, 0) is 31.5 Å². The number of nitrogens with two attached hydrogens (primary N) is 1. The third-order valence-corrected chi connectivity index (χ3v) is 2.39. The van der Waals surface area contributed by atoms with E-state index in [-0.39, 0.29) is 11.9 Å². The Labute approximate surface area is 95.8 Å². The molecular weight excluding hydrogens is 204 g/mol. The lowest BCUT2D eigenvalue weighted by atomic mass is 10.1. The molecule has 0 aliphatic carbocycles. The second kappa shape index (κ2) is 5.51. The van der Waals surface area contributed by atoms with Gasteiger partial charge in [-0.3, -0.25) is 4.79 Å². The number of rotatable bonds is 4. The Kier molecular flexibility index (Phi) is 4.31. The largest absolute Gasteiger partial charge is 0.497 e. The van der Waals surface area contributed by atoms with Crippen LogP contribution in [0.15, 0.2) is 24.3 Å². The van der Waals surface area contributed by atoms with E-state index in [1.165, 1.54) is 0 Å². The summed E-state index contributed by atoms with van der Waals surface area (Å²) in [5, 5.41) is 2.83. The van der Waals surface area contributed by atoms with Gasteiger partial charge in [0.05, 0.1) is 19.2 Å². The predicted octanol–water partition coefficient (Wildman–Crippen LogP) is 1.22. The third kappa shape index (κ3) is 3.24. The summed E-state index contributed by atoms with van der Waals surface area (Å²) in [5.41, 5.74) is 6.50. The Hall–Kier alpha value is -1.55. The molecule has 1 rings (SSSR count). The van der Waals surface area contributed by atoms with Gasteiger partial charge < -0.3 is 15.8 Å². The van der Waals surface area contributed by atoms with Gasteiger partial charge in [0, 0.05) is 0 Å². The number of benzene rings is 1. The molecule has 0 saturated heterocycles. The van der Waals surface area contributed by atoms with Gasteiger partial charge in [0.1, 0.15) is 5.75 Å². The molecule has 1 aromatic carbocycles. The number of hydrogen-bond acceptors (Lipinski definition) is 3. The molecule has 1 amide bonds. The minimum Gasteiger partial charge on any atom is -0.497 e. The maximum Gasteiger partial charge on any atom is 0.237 e. The molecule has 4 heteroatoms. The molecule has 0 aliphatic heterocycles. The number of carbonyl (C=O) groups is 1. The van der Waals surface area contributed by atoms with Crippen LogP contribution in [0.25, 0.3) is 0 Å². The topological polar surface area (TPSA) is 64.3 Å². The van der Waals surface area contributed by atoms with Gasteiger partial charge in [0.2, 0.25) is 5.91 Å². The molecule has 0 spiro atoms. The minimum atomic E-state index is -0.485. The summed E-state index contributed by atoms with van der Waals surface area (Å²) in [7, 11) is 1.62. The maximum absolute atomic E-state index is 11.4. The maximum atomic E-state index is 11.4. The molecule has 3 N–H and O–H groups in total. The van der Waals surface area contributed by atoms with Crippen LogP contribution in [0.3, 0.4) is 0 Å². The van der Waals surface area contributed by atoms with Crippen LogP contribution in [0.5, 0.6) is 5.75 Å². The van der Waals surface area contributed by atoms with Gasteiger partial charge in [-0.2, -0.15) is 0 Å². The highest BCUT2D eigenvalue weighted by Crippen LogP contribution is 2.17. The Morgan fingerprint density at radius 1 is 1.31 bits per heavy atom. The smallest absolute Gasteiger partial charge is 0.237 e. The fourth-order valence-electron chi connectivity index (χ4n) is 1.32. The Morgan fingerprint density at radius 3 is 2.31 bits per heavy atom. The average molecular weight is 222 g/mol. The van der Waals surface area contributed by atoms with Crippen molar-refractivity contribution in [1.29, 1.82) is 0 Å². The normalized spacial score (nSPS) is 14.0. The molecular formula is C12H18N2O2. The van der Waals surface area contributed by atoms with Crippen LogP contribution >= 0.6 is 0 Å². The van der Waals surface area contributed by atoms with E-state index in [9.17, 15) is 4.79 Å². The monoisotopic (exact) mass is 222 g/mol. The van der Waals surface area contributed by atoms with Gasteiger partial charge in [0.15, 0.2) is 0 Å². The first-order chi connectivity index (χ1) is 7.54. The Morgan fingerprint density at radius 2 is 1.88 bits per heavy atom. The molecule has 88 valence electrons. The lowest BCUT2D eigenvalue weighted by molar-refractivity contribution is -0.122. The van der Waals surface area contributed by atoms with Crippen molar-refractivity contribution in [2.24, 2.45) is 5.73 Å². The standard InChI is InChI=1S/C12H18N2O2/c1-8(13)12(15)14-9(2)10-4-6-11(16-3)7-5-10/h4-9H,13H2,1-3H3,(H,14,15)/t8-,9-/m1/s1. The number of hydrogen-bond donors (Lipinski definition) is 2. The molecule has 0 radical (unpaired) electrons. The van der Waals surface area contributed by atoms with E-state index in [0.717, 1.165) is 11.3 Å². The predicted molar refractivity (Wildman–Crippen MR) is 63.2 cm³/mol. The molecule has 16 heavy (non-hydrogen) atoms. The van der Waals surface area contributed by atoms with Gasteiger partial charge in [0.25, 0.3) is 0 Å². The number of ether oxygens (including phenoxy) is 1. The van der Waals surface area contributed by atoms with Crippen molar-refractivity contribution in [3.05, 3.63) is 29.8 Å². The van der Waals surface area contributed by atoms with Crippen molar-refractivity contribution >= 4 is 5.91 Å². The van der Waals surface area contributed by atoms with Crippen molar-refractivity contribution in [3.63, 3.8) is 0 Å². The molecule has 0 aromatic heterocycles. The molecule has 2 atom stereocenters. The van der Waals surface area contributed by atoms with Gasteiger partial charge in [-0.25, -0.2) is 0 Å². The van der Waals surface area contributed by atoms with E-state index in [2.05, 4.69) is 5.32 Å². The van der Waals surface area contributed by atoms with Crippen LogP contribution in [-0.2, 0) is 4.79 Å². The zero-order valence-electron chi connectivity index (χ0n) is 9.86. The number of nitrogens with one attached hydrogen (secondary N) is 1. The zero-order chi connectivity index (χ0) is 12.1. The van der Waals surface area contributed by atoms with Crippen molar-refractivity contribution in [2.75, 3.05) is 7.11 Å². The van der Waals surface area contributed by atoms with Gasteiger partial charge in [-0.1, -0.05) is 12.1 Å². The van der Waals surface area contributed by atoms with E-state index in [4.69, 9.17) is 10.5 Å². The first-order valence-electron chi connectivity index (χ1n) is 5.24. The van der Waals surface area contributed by atoms with Crippen LogP contribution in [0.2, 0.25) is 0 Å². The minimum absolute atomic E-state index is 0.0515. The Balaban J connectivity index is 2.65. The first-order valence-corrected chi connectivity index (χ1v) is 5.24. The van der Waals surface area contributed by atoms with Crippen molar-refractivity contribution in [3.8, 4) is 5.75 Å². The van der Waals surface area contributed by atoms with E-state index >= 15 is 0 Å². The highest BCUT2D eigenvalue weighted by molar-refractivity contribution is 5.81. The van der Waals surface area contributed by atoms with Crippen molar-refractivity contribution in [2.45, 2.75) is 25.9 Å². The summed E-state index contributed by atoms with van der Waals surface area (Å²) < 4.78 is 5.06. The van der Waals surface area contributed by atoms with E-state index in [0.29, 0.717) is 0 Å². The van der Waals surface area contributed by atoms with E-state index < -0.39 is 6.04 Å². The van der Waals surface area contributed by atoms with Crippen LogP contribution in [-0.4, -0.2) is 19.1 Å². The van der Waals surface area contributed by atoms with Crippen LogP contribution in [0, 0.1) is 0 Å². The molecule has 4 nitrogen and oxygen atoms in total. The van der Waals surface area contributed by atoms with Gasteiger partial charge >= 0.3 is 0 Å². The molecule has 0 fully saturated rings. The summed E-state index contributed by atoms with van der Waals surface area (Å²) in [6.45, 7) is 3.58. The number of carbonyl (C=O) groups excluding carboxylic acids is 1. The first kappa shape index (κ1) is 12.5. The third-order valence-electron chi connectivity index (χ3n) is 2.39. The summed E-state index contributed by atoms with van der Waals surface area (Å²) in [6, 6.07) is 7.04. The van der Waals surface area contributed by atoms with Crippen LogP contribution in [0.1, 0.15) is 25.5 Å². The van der Waals surface area contributed by atoms with E-state index in [1.54, 1.807) is 14.0 Å². The van der Waals surface area contributed by atoms with Gasteiger partial charge in [-0.15, -0.1) is 0 Å². The molecule has 1 aromatic rings. The lowest BCUT2D eigenvalue weighted by Crippen LogP contribution is -2.39. The van der Waals surface area contributed by atoms with Crippen LogP contribution in [0.4, 0.5) is 0 Å². The highest BCUT2D eigenvalue weighted by atomic mass is 16.5. The highest BCUT2D eigenvalue weighted by Gasteiger charge is 2.12. The SMILES string of the molecule is COc1ccc([C@@H](C)NC(=O)[C@@H](C)N)cc1. The zero-order valence-corrected chi connectivity index (χ0v) is 9.86. The summed E-state index contributed by atoms with van der Waals surface area (Å²) in [5.74, 6) is 0.651. The number of methoxy groups -OCH3 is 1. The summed E-state index contributed by atoms with van der Waals surface area (Å²) >= 11 is 0. The molecule has 0 bridgehead atoms. The quantitative estimate of drug-likeness (QED) is 0.805. The number of amides is 1. The fourth-order valence-corrected chi connectivity index (χ4v) is 1.32. The molecule has 0 saturated carbocycles. The Bertz CT molecular complexity index is 347. The van der Waals surface area contributed by atoms with E-state index in [1.807, 2.05) is 31.2 Å². The van der Waals surface area contributed by atoms with Crippen molar-refractivity contribution in [1.82, 2.24) is 5.32 Å².